The minimum Gasteiger partial charge on any atom is -0.466 e. The van der Waals surface area contributed by atoms with Crippen LogP contribution in [0.1, 0.15) is 35.7 Å². The summed E-state index contributed by atoms with van der Waals surface area (Å²) in [5, 5.41) is 9.35. The Kier molecular flexibility index (Phi) is 5.65. The number of nitrogens with zero attached hydrogens (tertiary/aromatic N) is 3. The summed E-state index contributed by atoms with van der Waals surface area (Å²) in [6, 6.07) is 7.77. The molecule has 0 fully saturated rings. The molecule has 0 radical (unpaired) electrons. The van der Waals surface area contributed by atoms with Crippen molar-refractivity contribution in [3.8, 4) is 0 Å². The molecule has 1 aromatic carbocycles. The molecule has 3 aromatic rings. The average Bonchev–Trinajstić information content (AvgIpc) is 3.14. The smallest absolute Gasteiger partial charge is 0.313 e. The van der Waals surface area contributed by atoms with Crippen LogP contribution in [0.25, 0.3) is 10.9 Å². The van der Waals surface area contributed by atoms with Crippen LogP contribution in [0.4, 0.5) is 0 Å². The zero-order chi connectivity index (χ0) is 19.6. The fourth-order valence-corrected chi connectivity index (χ4v) is 3.84. The number of para-hydroxylation sites is 1. The van der Waals surface area contributed by atoms with Crippen molar-refractivity contribution in [2.45, 2.75) is 37.6 Å². The number of aryl methyl sites for hydroxylation is 1. The summed E-state index contributed by atoms with van der Waals surface area (Å²) >= 11 is 1.33. The molecule has 142 valence electrons. The molecule has 1 N–H and O–H groups in total. The maximum atomic E-state index is 13.1. The van der Waals surface area contributed by atoms with E-state index in [9.17, 15) is 9.59 Å². The van der Waals surface area contributed by atoms with Gasteiger partial charge in [-0.3, -0.25) is 9.59 Å². The number of thioether (sulfide) groups is 1. The number of Topliss-reactive ketones (excluding diaryl/α,β-unsaturated/α-hetero) is 1. The molecule has 27 heavy (non-hydrogen) atoms. The van der Waals surface area contributed by atoms with E-state index in [4.69, 9.17) is 4.74 Å². The van der Waals surface area contributed by atoms with Crippen LogP contribution >= 0.6 is 11.8 Å². The standard InChI is InChI=1S/C19H22N4O3S/c1-5-26-16(24)10-15-21-22-19(23(15)4)27-12(3)18(25)17-11(2)20-14-9-7-6-8-13(14)17/h6-9,12,20H,5,10H2,1-4H3/t12-/m0/s1. The Bertz CT molecular complexity index is 992. The van der Waals surface area contributed by atoms with Crippen LogP contribution in [0.15, 0.2) is 29.4 Å². The Morgan fingerprint density at radius 3 is 2.78 bits per heavy atom. The molecular weight excluding hydrogens is 364 g/mol. The Morgan fingerprint density at radius 1 is 1.30 bits per heavy atom. The Hall–Kier alpha value is -2.61. The van der Waals surface area contributed by atoms with Gasteiger partial charge in [0.25, 0.3) is 0 Å². The molecule has 0 saturated heterocycles. The Morgan fingerprint density at radius 2 is 2.04 bits per heavy atom. The number of fused-ring (bicyclic) bond motifs is 1. The van der Waals surface area contributed by atoms with E-state index in [2.05, 4.69) is 15.2 Å². The van der Waals surface area contributed by atoms with Crippen molar-refractivity contribution in [1.82, 2.24) is 19.7 Å². The highest BCUT2D eigenvalue weighted by molar-refractivity contribution is 8.00. The van der Waals surface area contributed by atoms with E-state index in [1.54, 1.807) is 18.5 Å². The van der Waals surface area contributed by atoms with E-state index in [1.165, 1.54) is 11.8 Å². The first-order valence-electron chi connectivity index (χ1n) is 8.74. The predicted molar refractivity (Wildman–Crippen MR) is 104 cm³/mol. The molecule has 1 atom stereocenters. The summed E-state index contributed by atoms with van der Waals surface area (Å²) in [7, 11) is 1.78. The van der Waals surface area contributed by atoms with Gasteiger partial charge in [0.05, 0.1) is 11.9 Å². The molecule has 0 bridgehead atoms. The molecule has 2 aromatic heterocycles. The molecule has 0 aliphatic carbocycles. The second-order valence-electron chi connectivity index (χ2n) is 6.23. The van der Waals surface area contributed by atoms with Gasteiger partial charge < -0.3 is 14.3 Å². The molecule has 0 spiro atoms. The lowest BCUT2D eigenvalue weighted by Gasteiger charge is -2.10. The van der Waals surface area contributed by atoms with Gasteiger partial charge in [-0.05, 0) is 26.8 Å². The van der Waals surface area contributed by atoms with Crippen LogP contribution in [0.2, 0.25) is 0 Å². The van der Waals surface area contributed by atoms with Gasteiger partial charge in [0.15, 0.2) is 10.9 Å². The molecule has 7 nitrogen and oxygen atoms in total. The number of H-pyrrole nitrogens is 1. The van der Waals surface area contributed by atoms with Crippen LogP contribution in [0.3, 0.4) is 0 Å². The number of ketones is 1. The van der Waals surface area contributed by atoms with Crippen molar-refractivity contribution in [2.24, 2.45) is 7.05 Å². The highest BCUT2D eigenvalue weighted by Crippen LogP contribution is 2.29. The van der Waals surface area contributed by atoms with Gasteiger partial charge >= 0.3 is 5.97 Å². The minimum absolute atomic E-state index is 0.0323. The lowest BCUT2D eigenvalue weighted by atomic mass is 10.1. The number of ether oxygens (including phenoxy) is 1. The average molecular weight is 386 g/mol. The topological polar surface area (TPSA) is 89.9 Å². The summed E-state index contributed by atoms with van der Waals surface area (Å²) in [6.07, 6.45) is 0.0573. The van der Waals surface area contributed by atoms with E-state index >= 15 is 0 Å². The van der Waals surface area contributed by atoms with E-state index in [0.29, 0.717) is 23.2 Å². The van der Waals surface area contributed by atoms with E-state index in [1.807, 2.05) is 38.1 Å². The van der Waals surface area contributed by atoms with Gasteiger partial charge in [-0.1, -0.05) is 30.0 Å². The molecule has 8 heteroatoms. The third kappa shape index (κ3) is 3.90. The number of benzene rings is 1. The van der Waals surface area contributed by atoms with Crippen molar-refractivity contribution < 1.29 is 14.3 Å². The van der Waals surface area contributed by atoms with Gasteiger partial charge in [0.1, 0.15) is 12.2 Å². The summed E-state index contributed by atoms with van der Waals surface area (Å²) in [6.45, 7) is 5.85. The maximum Gasteiger partial charge on any atom is 0.313 e. The lowest BCUT2D eigenvalue weighted by Crippen LogP contribution is -2.16. The van der Waals surface area contributed by atoms with Crippen molar-refractivity contribution in [2.75, 3.05) is 6.61 Å². The minimum atomic E-state index is -0.346. The quantitative estimate of drug-likeness (QED) is 0.381. The Labute approximate surface area is 161 Å². The zero-order valence-corrected chi connectivity index (χ0v) is 16.6. The number of hydrogen-bond donors (Lipinski definition) is 1. The van der Waals surface area contributed by atoms with Crippen molar-refractivity contribution in [1.29, 1.82) is 0 Å². The summed E-state index contributed by atoms with van der Waals surface area (Å²) < 4.78 is 6.68. The highest BCUT2D eigenvalue weighted by Gasteiger charge is 2.24. The van der Waals surface area contributed by atoms with E-state index in [0.717, 1.165) is 16.6 Å². The fourth-order valence-electron chi connectivity index (χ4n) is 2.95. The first-order valence-corrected chi connectivity index (χ1v) is 9.62. The van der Waals surface area contributed by atoms with Gasteiger partial charge in [0.2, 0.25) is 0 Å². The number of carbonyl (C=O) groups excluding carboxylic acids is 2. The van der Waals surface area contributed by atoms with E-state index in [-0.39, 0.29) is 23.4 Å². The number of carbonyl (C=O) groups is 2. The zero-order valence-electron chi connectivity index (χ0n) is 15.8. The fraction of sp³-hybridized carbons (Fsp3) is 0.368. The lowest BCUT2D eigenvalue weighted by molar-refractivity contribution is -0.142. The molecule has 0 aliphatic heterocycles. The molecular formula is C19H22N4O3S. The van der Waals surface area contributed by atoms with Crippen LogP contribution in [-0.2, 0) is 23.0 Å². The third-order valence-electron chi connectivity index (χ3n) is 4.32. The normalized spacial score (nSPS) is 12.3. The summed E-state index contributed by atoms with van der Waals surface area (Å²) in [5.41, 5.74) is 2.51. The van der Waals surface area contributed by atoms with E-state index < -0.39 is 0 Å². The second-order valence-corrected chi connectivity index (χ2v) is 7.54. The number of aromatic amines is 1. The van der Waals surface area contributed by atoms with Crippen LogP contribution < -0.4 is 0 Å². The van der Waals surface area contributed by atoms with Gasteiger partial charge in [-0.2, -0.15) is 0 Å². The second kappa shape index (κ2) is 7.96. The van der Waals surface area contributed by atoms with Crippen molar-refractivity contribution >= 4 is 34.4 Å². The monoisotopic (exact) mass is 386 g/mol. The van der Waals surface area contributed by atoms with Crippen LogP contribution in [0.5, 0.6) is 0 Å². The largest absolute Gasteiger partial charge is 0.466 e. The summed E-state index contributed by atoms with van der Waals surface area (Å²) in [5.74, 6) is 0.201. The number of nitrogens with one attached hydrogen (secondary N) is 1. The third-order valence-corrected chi connectivity index (χ3v) is 5.46. The highest BCUT2D eigenvalue weighted by atomic mass is 32.2. The first-order chi connectivity index (χ1) is 12.9. The van der Waals surface area contributed by atoms with Gasteiger partial charge in [-0.15, -0.1) is 10.2 Å². The van der Waals surface area contributed by atoms with Gasteiger partial charge in [0, 0.05) is 29.2 Å². The number of rotatable bonds is 7. The molecule has 3 rings (SSSR count). The van der Waals surface area contributed by atoms with Crippen LogP contribution in [-0.4, -0.2) is 43.4 Å². The first kappa shape index (κ1) is 19.2. The van der Waals surface area contributed by atoms with Crippen LogP contribution in [0, 0.1) is 6.92 Å². The maximum absolute atomic E-state index is 13.1. The molecule has 0 amide bonds. The predicted octanol–water partition coefficient (Wildman–Crippen LogP) is 3.07. The molecule has 2 heterocycles. The number of hydrogen-bond acceptors (Lipinski definition) is 6. The molecule has 0 unspecified atom stereocenters. The molecule has 0 saturated carbocycles. The van der Waals surface area contributed by atoms with Gasteiger partial charge in [-0.25, -0.2) is 0 Å². The summed E-state index contributed by atoms with van der Waals surface area (Å²) in [4.78, 5) is 28.0. The SMILES string of the molecule is CCOC(=O)Cc1nnc(S[C@@H](C)C(=O)c2c(C)[nH]c3ccccc23)n1C. The van der Waals surface area contributed by atoms with Crippen molar-refractivity contribution in [3.05, 3.63) is 41.3 Å². The number of esters is 1. The number of aromatic nitrogens is 4. The Balaban J connectivity index is 1.78. The molecule has 0 aliphatic rings. The van der Waals surface area contributed by atoms with Crippen molar-refractivity contribution in [3.63, 3.8) is 0 Å².